The number of benzene rings is 1. The Hall–Kier alpha value is -3.42. The number of hydrogen-bond acceptors (Lipinski definition) is 5. The molecule has 2 heterocycles. The van der Waals surface area contributed by atoms with Crippen molar-refractivity contribution >= 4 is 5.91 Å². The van der Waals surface area contributed by atoms with Gasteiger partial charge in [-0.2, -0.15) is 4.68 Å². The van der Waals surface area contributed by atoms with Gasteiger partial charge in [0.2, 0.25) is 5.88 Å². The first-order valence-corrected chi connectivity index (χ1v) is 8.40. The highest BCUT2D eigenvalue weighted by Gasteiger charge is 2.19. The van der Waals surface area contributed by atoms with Gasteiger partial charge in [-0.1, -0.05) is 6.92 Å². The number of rotatable bonds is 7. The van der Waals surface area contributed by atoms with E-state index in [9.17, 15) is 14.0 Å². The van der Waals surface area contributed by atoms with Crippen molar-refractivity contribution in [2.75, 3.05) is 0 Å². The first-order valence-electron chi connectivity index (χ1n) is 8.40. The summed E-state index contributed by atoms with van der Waals surface area (Å²) >= 11 is 0. The molecule has 0 bridgehead atoms. The molecule has 0 unspecified atom stereocenters. The van der Waals surface area contributed by atoms with Crippen LogP contribution in [-0.4, -0.2) is 21.8 Å². The summed E-state index contributed by atoms with van der Waals surface area (Å²) in [4.78, 5) is 24.4. The Morgan fingerprint density at radius 1 is 1.26 bits per heavy atom. The molecule has 2 aromatic heterocycles. The molecule has 0 radical (unpaired) electrons. The van der Waals surface area contributed by atoms with E-state index in [0.717, 1.165) is 4.68 Å². The molecule has 140 valence electrons. The van der Waals surface area contributed by atoms with Gasteiger partial charge in [0.1, 0.15) is 11.6 Å². The second-order valence-electron chi connectivity index (χ2n) is 5.71. The zero-order valence-corrected chi connectivity index (χ0v) is 14.6. The van der Waals surface area contributed by atoms with Crippen molar-refractivity contribution in [3.05, 3.63) is 76.7 Å². The van der Waals surface area contributed by atoms with Crippen molar-refractivity contribution in [3.63, 3.8) is 0 Å². The number of hydrogen-bond donors (Lipinski definition) is 1. The highest BCUT2D eigenvalue weighted by Crippen LogP contribution is 2.12. The van der Waals surface area contributed by atoms with E-state index >= 15 is 0 Å². The summed E-state index contributed by atoms with van der Waals surface area (Å²) in [6, 6.07) is 11.5. The maximum Gasteiger partial charge on any atom is 0.271 e. The monoisotopic (exact) mass is 371 g/mol. The molecule has 0 aliphatic heterocycles. The van der Waals surface area contributed by atoms with Gasteiger partial charge in [0.05, 0.1) is 18.5 Å². The maximum absolute atomic E-state index is 13.1. The molecule has 1 amide bonds. The number of nitrogens with one attached hydrogen (secondary N) is 1. The van der Waals surface area contributed by atoms with Gasteiger partial charge in [0, 0.05) is 12.1 Å². The molecule has 7 nitrogen and oxygen atoms in total. The Bertz CT molecular complexity index is 952. The summed E-state index contributed by atoms with van der Waals surface area (Å²) in [7, 11) is 0. The number of aromatic nitrogens is 2. The Labute approximate surface area is 154 Å². The molecule has 1 aromatic carbocycles. The minimum Gasteiger partial charge on any atom is -0.467 e. The summed E-state index contributed by atoms with van der Waals surface area (Å²) in [5.41, 5.74) is -0.00792. The quantitative estimate of drug-likeness (QED) is 0.689. The third-order valence-electron chi connectivity index (χ3n) is 3.79. The Morgan fingerprint density at radius 3 is 2.70 bits per heavy atom. The van der Waals surface area contributed by atoms with Gasteiger partial charge >= 0.3 is 0 Å². The van der Waals surface area contributed by atoms with E-state index in [2.05, 4.69) is 10.4 Å². The van der Waals surface area contributed by atoms with Crippen molar-refractivity contribution in [3.8, 4) is 11.6 Å². The van der Waals surface area contributed by atoms with Crippen molar-refractivity contribution in [2.45, 2.75) is 26.0 Å². The first kappa shape index (κ1) is 18.4. The average Bonchev–Trinajstić information content (AvgIpc) is 3.20. The van der Waals surface area contributed by atoms with Gasteiger partial charge in [-0.25, -0.2) is 4.39 Å². The third-order valence-corrected chi connectivity index (χ3v) is 3.79. The maximum atomic E-state index is 13.1. The molecular weight excluding hydrogens is 353 g/mol. The topological polar surface area (TPSA) is 86.4 Å². The second kappa shape index (κ2) is 8.31. The van der Waals surface area contributed by atoms with Gasteiger partial charge < -0.3 is 14.5 Å². The van der Waals surface area contributed by atoms with Crippen molar-refractivity contribution in [2.24, 2.45) is 0 Å². The van der Waals surface area contributed by atoms with Crippen LogP contribution in [0.3, 0.4) is 0 Å². The van der Waals surface area contributed by atoms with Gasteiger partial charge in [0.15, 0.2) is 6.10 Å². The number of furan rings is 1. The number of carbonyl (C=O) groups is 1. The minimum absolute atomic E-state index is 0.110. The minimum atomic E-state index is -0.786. The largest absolute Gasteiger partial charge is 0.467 e. The predicted molar refractivity (Wildman–Crippen MR) is 95.1 cm³/mol. The van der Waals surface area contributed by atoms with Gasteiger partial charge in [-0.15, -0.1) is 5.10 Å². The lowest BCUT2D eigenvalue weighted by Gasteiger charge is -2.16. The summed E-state index contributed by atoms with van der Waals surface area (Å²) in [5.74, 6) is -0.00572. The molecule has 1 N–H and O–H groups in total. The molecule has 0 saturated heterocycles. The van der Waals surface area contributed by atoms with Crippen LogP contribution in [-0.2, 0) is 11.3 Å². The van der Waals surface area contributed by atoms with Crippen LogP contribution >= 0.6 is 0 Å². The number of nitrogens with zero attached hydrogens (tertiary/aromatic N) is 2. The molecular formula is C19H18FN3O4. The fraction of sp³-hybridized carbons (Fsp3) is 0.211. The van der Waals surface area contributed by atoms with Gasteiger partial charge in [-0.3, -0.25) is 9.59 Å². The summed E-state index contributed by atoms with van der Waals surface area (Å²) in [6.07, 6.45) is 1.14. The molecule has 8 heteroatoms. The van der Waals surface area contributed by atoms with Crippen LogP contribution in [0.5, 0.6) is 5.88 Å². The van der Waals surface area contributed by atoms with Crippen LogP contribution in [0.1, 0.15) is 19.1 Å². The number of amides is 1. The smallest absolute Gasteiger partial charge is 0.271 e. The zero-order chi connectivity index (χ0) is 19.2. The standard InChI is InChI=1S/C19H18FN3O4/c1-2-16(19(25)21-12-15-4-3-11-26-15)27-17-9-10-18(24)23(22-17)14-7-5-13(20)6-8-14/h3-11,16H,2,12H2,1H3,(H,21,25)/t16-/m1/s1. The van der Waals surface area contributed by atoms with E-state index in [1.807, 2.05) is 0 Å². The molecule has 1 atom stereocenters. The lowest BCUT2D eigenvalue weighted by Crippen LogP contribution is -2.38. The number of ether oxygens (including phenoxy) is 1. The van der Waals surface area contributed by atoms with Crippen LogP contribution < -0.4 is 15.6 Å². The molecule has 0 aliphatic rings. The van der Waals surface area contributed by atoms with Crippen LogP contribution in [0, 0.1) is 5.82 Å². The van der Waals surface area contributed by atoms with E-state index in [1.165, 1.54) is 42.7 Å². The van der Waals surface area contributed by atoms with Crippen molar-refractivity contribution in [1.29, 1.82) is 0 Å². The molecule has 3 aromatic rings. The Morgan fingerprint density at radius 2 is 2.04 bits per heavy atom. The Balaban J connectivity index is 1.73. The predicted octanol–water partition coefficient (Wildman–Crippen LogP) is 2.44. The van der Waals surface area contributed by atoms with E-state index in [4.69, 9.17) is 9.15 Å². The molecule has 0 aliphatic carbocycles. The fourth-order valence-electron chi connectivity index (χ4n) is 2.39. The SMILES string of the molecule is CC[C@@H](Oc1ccc(=O)n(-c2ccc(F)cc2)n1)C(=O)NCc1ccco1. The van der Waals surface area contributed by atoms with E-state index in [1.54, 1.807) is 19.1 Å². The highest BCUT2D eigenvalue weighted by atomic mass is 19.1. The van der Waals surface area contributed by atoms with E-state index < -0.39 is 17.5 Å². The fourth-order valence-corrected chi connectivity index (χ4v) is 2.39. The summed E-state index contributed by atoms with van der Waals surface area (Å²) < 4.78 is 25.0. The number of carbonyl (C=O) groups excluding carboxylic acids is 1. The first-order chi connectivity index (χ1) is 13.1. The third kappa shape index (κ3) is 4.60. The van der Waals surface area contributed by atoms with Crippen LogP contribution in [0.4, 0.5) is 4.39 Å². The van der Waals surface area contributed by atoms with Crippen molar-refractivity contribution < 1.29 is 18.3 Å². The van der Waals surface area contributed by atoms with Gasteiger partial charge in [0.25, 0.3) is 11.5 Å². The molecule has 0 fully saturated rings. The average molecular weight is 371 g/mol. The zero-order valence-electron chi connectivity index (χ0n) is 14.6. The summed E-state index contributed by atoms with van der Waals surface area (Å²) in [5, 5.41) is 6.84. The molecule has 27 heavy (non-hydrogen) atoms. The molecule has 3 rings (SSSR count). The normalized spacial score (nSPS) is 11.8. The summed E-state index contributed by atoms with van der Waals surface area (Å²) in [6.45, 7) is 2.04. The highest BCUT2D eigenvalue weighted by molar-refractivity contribution is 5.80. The van der Waals surface area contributed by atoms with Crippen LogP contribution in [0.25, 0.3) is 5.69 Å². The van der Waals surface area contributed by atoms with Crippen molar-refractivity contribution in [1.82, 2.24) is 15.1 Å². The van der Waals surface area contributed by atoms with Crippen LogP contribution in [0.15, 0.2) is 64.0 Å². The van der Waals surface area contributed by atoms with E-state index in [0.29, 0.717) is 17.9 Å². The van der Waals surface area contributed by atoms with E-state index in [-0.39, 0.29) is 18.3 Å². The lowest BCUT2D eigenvalue weighted by atomic mass is 10.2. The second-order valence-corrected chi connectivity index (χ2v) is 5.71. The van der Waals surface area contributed by atoms with Gasteiger partial charge in [-0.05, 0) is 42.8 Å². The molecule has 0 saturated carbocycles. The molecule has 0 spiro atoms. The van der Waals surface area contributed by atoms with Crippen LogP contribution in [0.2, 0.25) is 0 Å². The lowest BCUT2D eigenvalue weighted by molar-refractivity contribution is -0.128. The number of halogens is 1. The Kier molecular flexibility index (Phi) is 5.65.